The number of hydrogen-bond acceptors (Lipinski definition) is 1. The van der Waals surface area contributed by atoms with Crippen LogP contribution in [0.15, 0.2) is 28.7 Å². The van der Waals surface area contributed by atoms with Crippen LogP contribution in [-0.2, 0) is 0 Å². The Balaban J connectivity index is 2.98. The summed E-state index contributed by atoms with van der Waals surface area (Å²) in [5.41, 5.74) is 6.01. The predicted octanol–water partition coefficient (Wildman–Crippen LogP) is 2.35. The van der Waals surface area contributed by atoms with Crippen molar-refractivity contribution in [2.45, 2.75) is 6.92 Å². The lowest BCUT2D eigenvalue weighted by molar-refractivity contribution is 0.254. The molecular weight excluding hydrogens is 232 g/mol. The number of primary amides is 1. The summed E-state index contributed by atoms with van der Waals surface area (Å²) in [7, 11) is 0. The van der Waals surface area contributed by atoms with Gasteiger partial charge in [0.25, 0.3) is 0 Å². The molecule has 2 amide bonds. The predicted molar refractivity (Wildman–Crippen MR) is 56.7 cm³/mol. The summed E-state index contributed by atoms with van der Waals surface area (Å²) in [5.74, 6) is 0. The van der Waals surface area contributed by atoms with Crippen LogP contribution in [0.25, 0.3) is 0 Å². The molecule has 1 aromatic carbocycles. The topological polar surface area (TPSA) is 46.3 Å². The van der Waals surface area contributed by atoms with Crippen LogP contribution >= 0.6 is 15.9 Å². The zero-order valence-corrected chi connectivity index (χ0v) is 8.91. The van der Waals surface area contributed by atoms with Gasteiger partial charge in [0.2, 0.25) is 0 Å². The lowest BCUT2D eigenvalue weighted by atomic mass is 10.3. The van der Waals surface area contributed by atoms with Crippen molar-refractivity contribution in [2.75, 3.05) is 11.4 Å². The number of carbonyl (C=O) groups excluding carboxylic acids is 1. The maximum absolute atomic E-state index is 11.0. The highest BCUT2D eigenvalue weighted by molar-refractivity contribution is 9.10. The fourth-order valence-corrected chi connectivity index (χ4v) is 1.50. The van der Waals surface area contributed by atoms with Crippen LogP contribution in [-0.4, -0.2) is 12.6 Å². The minimum Gasteiger partial charge on any atom is -0.351 e. The summed E-state index contributed by atoms with van der Waals surface area (Å²) >= 11 is 3.33. The van der Waals surface area contributed by atoms with Gasteiger partial charge in [-0.2, -0.15) is 0 Å². The number of nitrogens with zero attached hydrogens (tertiary/aromatic N) is 1. The standard InChI is InChI=1S/C9H11BrN2O/c1-2-12(9(11)13)8-5-3-4-7(10)6-8/h3-6H,2H2,1H3,(H2,11,13). The summed E-state index contributed by atoms with van der Waals surface area (Å²) in [6, 6.07) is 7.04. The number of carbonyl (C=O) groups is 1. The number of rotatable bonds is 2. The Hall–Kier alpha value is -1.03. The van der Waals surface area contributed by atoms with E-state index < -0.39 is 6.03 Å². The summed E-state index contributed by atoms with van der Waals surface area (Å²) in [5, 5.41) is 0. The Bertz CT molecular complexity index is 314. The first-order valence-electron chi connectivity index (χ1n) is 3.97. The highest BCUT2D eigenvalue weighted by Gasteiger charge is 2.08. The molecule has 0 aromatic heterocycles. The lowest BCUT2D eigenvalue weighted by Crippen LogP contribution is -2.35. The summed E-state index contributed by atoms with van der Waals surface area (Å²) in [4.78, 5) is 12.5. The number of urea groups is 1. The molecule has 0 radical (unpaired) electrons. The van der Waals surface area contributed by atoms with Gasteiger partial charge in [-0.3, -0.25) is 4.90 Å². The number of benzene rings is 1. The van der Waals surface area contributed by atoms with E-state index in [-0.39, 0.29) is 0 Å². The second kappa shape index (κ2) is 4.28. The summed E-state index contributed by atoms with van der Waals surface area (Å²) < 4.78 is 0.935. The van der Waals surface area contributed by atoms with Crippen LogP contribution in [0.2, 0.25) is 0 Å². The van der Waals surface area contributed by atoms with Gasteiger partial charge in [0.05, 0.1) is 0 Å². The highest BCUT2D eigenvalue weighted by atomic mass is 79.9. The van der Waals surface area contributed by atoms with Crippen LogP contribution < -0.4 is 10.6 Å². The molecule has 0 aliphatic rings. The molecule has 0 aliphatic carbocycles. The minimum absolute atomic E-state index is 0.430. The van der Waals surface area contributed by atoms with Crippen molar-refractivity contribution >= 4 is 27.6 Å². The molecule has 0 unspecified atom stereocenters. The molecule has 0 saturated carbocycles. The minimum atomic E-state index is -0.430. The van der Waals surface area contributed by atoms with Crippen molar-refractivity contribution in [3.8, 4) is 0 Å². The summed E-state index contributed by atoms with van der Waals surface area (Å²) in [6.45, 7) is 2.46. The first-order valence-corrected chi connectivity index (χ1v) is 4.77. The zero-order chi connectivity index (χ0) is 9.84. The Morgan fingerprint density at radius 3 is 2.77 bits per heavy atom. The van der Waals surface area contributed by atoms with Gasteiger partial charge in [-0.25, -0.2) is 4.79 Å². The van der Waals surface area contributed by atoms with Crippen LogP contribution in [0, 0.1) is 0 Å². The number of halogens is 1. The third-order valence-corrected chi connectivity index (χ3v) is 2.20. The van der Waals surface area contributed by atoms with E-state index in [0.29, 0.717) is 6.54 Å². The van der Waals surface area contributed by atoms with Crippen LogP contribution in [0.4, 0.5) is 10.5 Å². The summed E-state index contributed by atoms with van der Waals surface area (Å²) in [6.07, 6.45) is 0. The van der Waals surface area contributed by atoms with E-state index in [1.54, 1.807) is 0 Å². The molecule has 0 spiro atoms. The number of hydrogen-bond donors (Lipinski definition) is 1. The van der Waals surface area contributed by atoms with Gasteiger partial charge in [0.1, 0.15) is 0 Å². The van der Waals surface area contributed by atoms with Gasteiger partial charge in [-0.05, 0) is 25.1 Å². The Morgan fingerprint density at radius 2 is 2.31 bits per heavy atom. The average Bonchev–Trinajstić information content (AvgIpc) is 2.04. The van der Waals surface area contributed by atoms with E-state index in [9.17, 15) is 4.79 Å². The first kappa shape index (κ1) is 10.1. The quantitative estimate of drug-likeness (QED) is 0.851. The molecule has 2 N–H and O–H groups in total. The molecule has 1 rings (SSSR count). The van der Waals surface area contributed by atoms with Crippen molar-refractivity contribution in [1.82, 2.24) is 0 Å². The van der Waals surface area contributed by atoms with E-state index >= 15 is 0 Å². The van der Waals surface area contributed by atoms with Crippen molar-refractivity contribution in [3.63, 3.8) is 0 Å². The number of amides is 2. The SMILES string of the molecule is CCN(C(N)=O)c1cccc(Br)c1. The van der Waals surface area contributed by atoms with Crippen molar-refractivity contribution in [1.29, 1.82) is 0 Å². The lowest BCUT2D eigenvalue weighted by Gasteiger charge is -2.18. The molecule has 13 heavy (non-hydrogen) atoms. The second-order valence-electron chi connectivity index (χ2n) is 2.56. The third-order valence-electron chi connectivity index (χ3n) is 1.70. The molecule has 3 nitrogen and oxygen atoms in total. The van der Waals surface area contributed by atoms with Crippen LogP contribution in [0.5, 0.6) is 0 Å². The van der Waals surface area contributed by atoms with Gasteiger partial charge in [-0.1, -0.05) is 22.0 Å². The fourth-order valence-electron chi connectivity index (χ4n) is 1.11. The highest BCUT2D eigenvalue weighted by Crippen LogP contribution is 2.19. The van der Waals surface area contributed by atoms with Gasteiger partial charge < -0.3 is 5.73 Å². The van der Waals surface area contributed by atoms with E-state index in [1.807, 2.05) is 31.2 Å². The largest absolute Gasteiger partial charge is 0.351 e. The molecule has 70 valence electrons. The average molecular weight is 243 g/mol. The van der Waals surface area contributed by atoms with E-state index in [4.69, 9.17) is 5.73 Å². The Labute approximate surface area is 85.7 Å². The van der Waals surface area contributed by atoms with E-state index in [1.165, 1.54) is 4.90 Å². The maximum atomic E-state index is 11.0. The first-order chi connectivity index (χ1) is 6.15. The third kappa shape index (κ3) is 2.45. The maximum Gasteiger partial charge on any atom is 0.319 e. The van der Waals surface area contributed by atoms with Crippen LogP contribution in [0.1, 0.15) is 6.92 Å². The molecule has 0 atom stereocenters. The normalized spacial score (nSPS) is 9.69. The molecule has 0 aliphatic heterocycles. The van der Waals surface area contributed by atoms with E-state index in [0.717, 1.165) is 10.2 Å². The van der Waals surface area contributed by atoms with Gasteiger partial charge >= 0.3 is 6.03 Å². The smallest absolute Gasteiger partial charge is 0.319 e. The number of nitrogens with two attached hydrogens (primary N) is 1. The molecule has 0 bridgehead atoms. The molecule has 1 aromatic rings. The zero-order valence-electron chi connectivity index (χ0n) is 7.33. The van der Waals surface area contributed by atoms with Crippen LogP contribution in [0.3, 0.4) is 0 Å². The van der Waals surface area contributed by atoms with Crippen molar-refractivity contribution in [2.24, 2.45) is 5.73 Å². The van der Waals surface area contributed by atoms with Crippen molar-refractivity contribution in [3.05, 3.63) is 28.7 Å². The Morgan fingerprint density at radius 1 is 1.62 bits per heavy atom. The monoisotopic (exact) mass is 242 g/mol. The number of anilines is 1. The van der Waals surface area contributed by atoms with Crippen molar-refractivity contribution < 1.29 is 4.79 Å². The molecular formula is C9H11BrN2O. The molecule has 4 heteroatoms. The molecule has 0 saturated heterocycles. The second-order valence-corrected chi connectivity index (χ2v) is 3.48. The van der Waals surface area contributed by atoms with Gasteiger partial charge in [-0.15, -0.1) is 0 Å². The molecule has 0 heterocycles. The fraction of sp³-hybridized carbons (Fsp3) is 0.222. The Kier molecular flexibility index (Phi) is 3.31. The van der Waals surface area contributed by atoms with Gasteiger partial charge in [0.15, 0.2) is 0 Å². The van der Waals surface area contributed by atoms with E-state index in [2.05, 4.69) is 15.9 Å². The molecule has 0 fully saturated rings. The van der Waals surface area contributed by atoms with Gasteiger partial charge in [0, 0.05) is 16.7 Å².